The Morgan fingerprint density at radius 2 is 2.25 bits per heavy atom. The normalized spacial score (nSPS) is 31.1. The number of aryl methyl sites for hydroxylation is 1. The molecule has 1 saturated carbocycles. The molecular formula is C13H14O3. The predicted octanol–water partition coefficient (Wildman–Crippen LogP) is 2.07. The lowest BCUT2D eigenvalue weighted by atomic mass is 9.78. The molecule has 16 heavy (non-hydrogen) atoms. The SMILES string of the molecule is O=C(O)C1CC12CCCc1ccc(O)cc12. The first-order chi connectivity index (χ1) is 7.63. The van der Waals surface area contributed by atoms with Crippen LogP contribution >= 0.6 is 0 Å². The number of hydrogen-bond donors (Lipinski definition) is 2. The molecule has 2 N–H and O–H groups in total. The summed E-state index contributed by atoms with van der Waals surface area (Å²) in [7, 11) is 0. The zero-order valence-electron chi connectivity index (χ0n) is 8.94. The van der Waals surface area contributed by atoms with E-state index in [1.807, 2.05) is 6.07 Å². The predicted molar refractivity (Wildman–Crippen MR) is 58.5 cm³/mol. The van der Waals surface area contributed by atoms with Gasteiger partial charge in [-0.15, -0.1) is 0 Å². The van der Waals surface area contributed by atoms with Crippen LogP contribution in [0.15, 0.2) is 18.2 Å². The fraction of sp³-hybridized carbons (Fsp3) is 0.462. The fourth-order valence-electron chi connectivity index (χ4n) is 3.18. The average Bonchev–Trinajstić information content (AvgIpc) is 2.96. The summed E-state index contributed by atoms with van der Waals surface area (Å²) >= 11 is 0. The first kappa shape index (κ1) is 9.70. The summed E-state index contributed by atoms with van der Waals surface area (Å²) in [5.74, 6) is -0.694. The van der Waals surface area contributed by atoms with E-state index in [0.29, 0.717) is 0 Å². The van der Waals surface area contributed by atoms with E-state index in [-0.39, 0.29) is 17.1 Å². The van der Waals surface area contributed by atoms with Crippen molar-refractivity contribution >= 4 is 5.97 Å². The lowest BCUT2D eigenvalue weighted by molar-refractivity contribution is -0.139. The number of aromatic hydroxyl groups is 1. The minimum Gasteiger partial charge on any atom is -0.508 e. The number of aliphatic carboxylic acids is 1. The number of rotatable bonds is 1. The molecule has 0 radical (unpaired) electrons. The van der Waals surface area contributed by atoms with Crippen LogP contribution in [-0.2, 0) is 16.6 Å². The number of benzene rings is 1. The second-order valence-electron chi connectivity index (χ2n) is 4.95. The molecule has 3 heteroatoms. The van der Waals surface area contributed by atoms with Gasteiger partial charge in [0.05, 0.1) is 5.92 Å². The smallest absolute Gasteiger partial charge is 0.307 e. The highest BCUT2D eigenvalue weighted by Gasteiger charge is 2.60. The summed E-state index contributed by atoms with van der Waals surface area (Å²) in [4.78, 5) is 11.1. The zero-order valence-corrected chi connectivity index (χ0v) is 8.94. The average molecular weight is 218 g/mol. The monoisotopic (exact) mass is 218 g/mol. The molecule has 1 aromatic carbocycles. The van der Waals surface area contributed by atoms with Crippen LogP contribution in [0.25, 0.3) is 0 Å². The third-order valence-electron chi connectivity index (χ3n) is 4.07. The topological polar surface area (TPSA) is 57.5 Å². The maximum atomic E-state index is 11.1. The van der Waals surface area contributed by atoms with E-state index in [1.54, 1.807) is 12.1 Å². The van der Waals surface area contributed by atoms with Crippen LogP contribution < -0.4 is 0 Å². The first-order valence-electron chi connectivity index (χ1n) is 5.69. The summed E-state index contributed by atoms with van der Waals surface area (Å²) in [6.45, 7) is 0. The van der Waals surface area contributed by atoms with Crippen molar-refractivity contribution in [3.8, 4) is 5.75 Å². The van der Waals surface area contributed by atoms with Crippen LogP contribution in [0, 0.1) is 5.92 Å². The minimum absolute atomic E-state index is 0.168. The third-order valence-corrected chi connectivity index (χ3v) is 4.07. The van der Waals surface area contributed by atoms with E-state index < -0.39 is 5.97 Å². The second kappa shape index (κ2) is 3.00. The molecule has 1 spiro atoms. The molecule has 0 bridgehead atoms. The van der Waals surface area contributed by atoms with Crippen molar-refractivity contribution in [2.45, 2.75) is 31.1 Å². The molecule has 0 aliphatic heterocycles. The molecule has 2 atom stereocenters. The number of carbonyl (C=O) groups is 1. The van der Waals surface area contributed by atoms with Gasteiger partial charge in [-0.3, -0.25) is 4.79 Å². The minimum atomic E-state index is -0.698. The molecule has 1 fully saturated rings. The van der Waals surface area contributed by atoms with Crippen molar-refractivity contribution in [1.29, 1.82) is 0 Å². The van der Waals surface area contributed by atoms with Crippen LogP contribution in [0.1, 0.15) is 30.4 Å². The molecule has 0 saturated heterocycles. The highest BCUT2D eigenvalue weighted by atomic mass is 16.4. The van der Waals surface area contributed by atoms with Crippen molar-refractivity contribution in [2.75, 3.05) is 0 Å². The van der Waals surface area contributed by atoms with Gasteiger partial charge in [0.15, 0.2) is 0 Å². The molecule has 0 aromatic heterocycles. The molecule has 1 aromatic rings. The van der Waals surface area contributed by atoms with Gasteiger partial charge in [-0.25, -0.2) is 0 Å². The third kappa shape index (κ3) is 1.17. The Hall–Kier alpha value is -1.51. The number of hydrogen-bond acceptors (Lipinski definition) is 2. The van der Waals surface area contributed by atoms with Gasteiger partial charge in [0.2, 0.25) is 0 Å². The zero-order chi connectivity index (χ0) is 11.3. The van der Waals surface area contributed by atoms with Crippen molar-refractivity contribution in [2.24, 2.45) is 5.92 Å². The van der Waals surface area contributed by atoms with E-state index in [0.717, 1.165) is 31.2 Å². The Labute approximate surface area is 93.7 Å². The quantitative estimate of drug-likeness (QED) is 0.758. The lowest BCUT2D eigenvalue weighted by Crippen LogP contribution is -2.21. The molecule has 0 heterocycles. The Balaban J connectivity index is 2.07. The number of phenols is 1. The number of carboxylic acid groups (broad SMARTS) is 1. The molecule has 3 rings (SSSR count). The van der Waals surface area contributed by atoms with E-state index >= 15 is 0 Å². The Bertz CT molecular complexity index is 466. The van der Waals surface area contributed by atoms with Gasteiger partial charge in [0.1, 0.15) is 5.75 Å². The van der Waals surface area contributed by atoms with Gasteiger partial charge in [-0.05, 0) is 48.9 Å². The maximum absolute atomic E-state index is 11.1. The molecular weight excluding hydrogens is 204 g/mol. The largest absolute Gasteiger partial charge is 0.508 e. The van der Waals surface area contributed by atoms with E-state index in [2.05, 4.69) is 0 Å². The van der Waals surface area contributed by atoms with Gasteiger partial charge < -0.3 is 10.2 Å². The lowest BCUT2D eigenvalue weighted by Gasteiger charge is -2.26. The van der Waals surface area contributed by atoms with Crippen LogP contribution in [0.3, 0.4) is 0 Å². The molecule has 0 amide bonds. The van der Waals surface area contributed by atoms with Crippen molar-refractivity contribution in [1.82, 2.24) is 0 Å². The van der Waals surface area contributed by atoms with Crippen LogP contribution in [0.4, 0.5) is 0 Å². The van der Waals surface area contributed by atoms with Gasteiger partial charge >= 0.3 is 5.97 Å². The van der Waals surface area contributed by atoms with E-state index in [1.165, 1.54) is 5.56 Å². The standard InChI is InChI=1S/C13H14O3/c14-9-4-3-8-2-1-5-13(10(8)6-9)7-11(13)12(15)16/h3-4,6,11,14H,1-2,5,7H2,(H,15,16). The molecule has 84 valence electrons. The van der Waals surface area contributed by atoms with Crippen LogP contribution in [-0.4, -0.2) is 16.2 Å². The Morgan fingerprint density at radius 1 is 1.44 bits per heavy atom. The molecule has 2 unspecified atom stereocenters. The summed E-state index contributed by atoms with van der Waals surface area (Å²) in [6.07, 6.45) is 3.74. The summed E-state index contributed by atoms with van der Waals surface area (Å²) in [5, 5.41) is 18.6. The maximum Gasteiger partial charge on any atom is 0.307 e. The van der Waals surface area contributed by atoms with Crippen molar-refractivity contribution in [3.05, 3.63) is 29.3 Å². The van der Waals surface area contributed by atoms with Gasteiger partial charge in [0, 0.05) is 5.41 Å². The van der Waals surface area contributed by atoms with Crippen LogP contribution in [0.5, 0.6) is 5.75 Å². The number of phenolic OH excluding ortho intramolecular Hbond substituents is 1. The van der Waals surface area contributed by atoms with Gasteiger partial charge in [0.25, 0.3) is 0 Å². The highest BCUT2D eigenvalue weighted by Crippen LogP contribution is 2.60. The molecule has 3 nitrogen and oxygen atoms in total. The summed E-state index contributed by atoms with van der Waals surface area (Å²) < 4.78 is 0. The fourth-order valence-corrected chi connectivity index (χ4v) is 3.18. The van der Waals surface area contributed by atoms with Crippen LogP contribution in [0.2, 0.25) is 0 Å². The number of carboxylic acids is 1. The second-order valence-corrected chi connectivity index (χ2v) is 4.95. The Kier molecular flexibility index (Phi) is 1.82. The van der Waals surface area contributed by atoms with Crippen molar-refractivity contribution in [3.63, 3.8) is 0 Å². The van der Waals surface area contributed by atoms with Gasteiger partial charge in [-0.2, -0.15) is 0 Å². The first-order valence-corrected chi connectivity index (χ1v) is 5.69. The summed E-state index contributed by atoms with van der Waals surface area (Å²) in [5.41, 5.74) is 2.12. The highest BCUT2D eigenvalue weighted by molar-refractivity contribution is 5.77. The summed E-state index contributed by atoms with van der Waals surface area (Å²) in [6, 6.07) is 5.39. The molecule has 2 aliphatic rings. The Morgan fingerprint density at radius 3 is 2.94 bits per heavy atom. The van der Waals surface area contributed by atoms with Crippen molar-refractivity contribution < 1.29 is 15.0 Å². The van der Waals surface area contributed by atoms with Gasteiger partial charge in [-0.1, -0.05) is 6.07 Å². The molecule has 2 aliphatic carbocycles. The van der Waals surface area contributed by atoms with E-state index in [4.69, 9.17) is 5.11 Å². The number of fused-ring (bicyclic) bond motifs is 2. The van der Waals surface area contributed by atoms with E-state index in [9.17, 15) is 9.90 Å².